The van der Waals surface area contributed by atoms with Crippen LogP contribution in [0.2, 0.25) is 0 Å². The van der Waals surface area contributed by atoms with Crippen LogP contribution in [0.4, 0.5) is 11.5 Å². The van der Waals surface area contributed by atoms with Crippen molar-refractivity contribution in [1.82, 2.24) is 15.5 Å². The zero-order valence-corrected chi connectivity index (χ0v) is 11.3. The second-order valence-electron chi connectivity index (χ2n) is 4.26. The first-order valence-electron chi connectivity index (χ1n) is 6.39. The molecular formula is C14H17N5O. The number of nitrogen functional groups attached to an aromatic ring is 1. The predicted octanol–water partition coefficient (Wildman–Crippen LogP) is 1.42. The molecule has 0 aliphatic rings. The van der Waals surface area contributed by atoms with Gasteiger partial charge in [-0.2, -0.15) is 0 Å². The van der Waals surface area contributed by atoms with Gasteiger partial charge in [-0.3, -0.25) is 4.79 Å². The maximum Gasteiger partial charge on any atom is 0.271 e. The molecule has 1 heterocycles. The Labute approximate surface area is 117 Å². The van der Waals surface area contributed by atoms with Gasteiger partial charge in [-0.1, -0.05) is 12.1 Å². The molecule has 1 amide bonds. The molecule has 0 bridgehead atoms. The number of anilines is 2. The minimum Gasteiger partial charge on any atom is -0.399 e. The summed E-state index contributed by atoms with van der Waals surface area (Å²) in [6, 6.07) is 11.0. The van der Waals surface area contributed by atoms with E-state index in [0.29, 0.717) is 24.6 Å². The molecule has 0 aliphatic carbocycles. The third-order valence-corrected chi connectivity index (χ3v) is 2.66. The van der Waals surface area contributed by atoms with Gasteiger partial charge in [0, 0.05) is 18.8 Å². The molecule has 2 aromatic rings. The number of carbonyl (C=O) groups excluding carboxylic acids is 1. The summed E-state index contributed by atoms with van der Waals surface area (Å²) in [6.07, 6.45) is 0. The van der Waals surface area contributed by atoms with E-state index < -0.39 is 0 Å². The van der Waals surface area contributed by atoms with Gasteiger partial charge in [0.2, 0.25) is 0 Å². The monoisotopic (exact) mass is 271 g/mol. The van der Waals surface area contributed by atoms with Crippen molar-refractivity contribution in [1.29, 1.82) is 0 Å². The van der Waals surface area contributed by atoms with Crippen LogP contribution < -0.4 is 16.4 Å². The molecular weight excluding hydrogens is 254 g/mol. The maximum atomic E-state index is 11.5. The van der Waals surface area contributed by atoms with E-state index >= 15 is 0 Å². The summed E-state index contributed by atoms with van der Waals surface area (Å²) < 4.78 is 0. The van der Waals surface area contributed by atoms with E-state index in [0.717, 1.165) is 11.3 Å². The van der Waals surface area contributed by atoms with Gasteiger partial charge < -0.3 is 16.4 Å². The predicted molar refractivity (Wildman–Crippen MR) is 78.2 cm³/mol. The molecule has 6 nitrogen and oxygen atoms in total. The van der Waals surface area contributed by atoms with Crippen LogP contribution in [0.3, 0.4) is 0 Å². The number of nitrogens with one attached hydrogen (secondary N) is 2. The Morgan fingerprint density at radius 1 is 1.25 bits per heavy atom. The van der Waals surface area contributed by atoms with E-state index in [1.165, 1.54) is 0 Å². The molecule has 1 aromatic carbocycles. The summed E-state index contributed by atoms with van der Waals surface area (Å²) in [5, 5.41) is 13.6. The Bertz CT molecular complexity index is 582. The van der Waals surface area contributed by atoms with Gasteiger partial charge in [-0.15, -0.1) is 10.2 Å². The number of nitrogens with two attached hydrogens (primary N) is 1. The molecule has 0 fully saturated rings. The number of rotatable bonds is 5. The average molecular weight is 271 g/mol. The summed E-state index contributed by atoms with van der Waals surface area (Å²) in [5.74, 6) is 0.392. The average Bonchev–Trinajstić information content (AvgIpc) is 2.46. The van der Waals surface area contributed by atoms with E-state index in [9.17, 15) is 4.79 Å². The first kappa shape index (κ1) is 13.8. The Hall–Kier alpha value is -2.63. The summed E-state index contributed by atoms with van der Waals surface area (Å²) in [4.78, 5) is 11.5. The number of nitrogens with zero attached hydrogens (tertiary/aromatic N) is 2. The van der Waals surface area contributed by atoms with E-state index in [2.05, 4.69) is 20.8 Å². The molecule has 0 atom stereocenters. The molecule has 0 aliphatic heterocycles. The highest BCUT2D eigenvalue weighted by molar-refractivity contribution is 5.92. The second-order valence-corrected chi connectivity index (χ2v) is 4.26. The van der Waals surface area contributed by atoms with E-state index in [1.54, 1.807) is 12.1 Å². The van der Waals surface area contributed by atoms with Crippen LogP contribution >= 0.6 is 0 Å². The highest BCUT2D eigenvalue weighted by atomic mass is 16.1. The molecule has 104 valence electrons. The van der Waals surface area contributed by atoms with Crippen molar-refractivity contribution < 1.29 is 4.79 Å². The lowest BCUT2D eigenvalue weighted by molar-refractivity contribution is 0.0950. The third-order valence-electron chi connectivity index (χ3n) is 2.66. The molecule has 0 saturated heterocycles. The van der Waals surface area contributed by atoms with Crippen molar-refractivity contribution in [2.24, 2.45) is 0 Å². The first-order chi connectivity index (χ1) is 9.69. The van der Waals surface area contributed by atoms with Gasteiger partial charge in [-0.05, 0) is 36.8 Å². The van der Waals surface area contributed by atoms with Crippen molar-refractivity contribution in [3.8, 4) is 0 Å². The summed E-state index contributed by atoms with van der Waals surface area (Å²) in [5.41, 5.74) is 7.80. The number of hydrogen-bond acceptors (Lipinski definition) is 5. The van der Waals surface area contributed by atoms with Gasteiger partial charge >= 0.3 is 0 Å². The first-order valence-corrected chi connectivity index (χ1v) is 6.39. The minimum absolute atomic E-state index is 0.220. The number of carbonyl (C=O) groups is 1. The maximum absolute atomic E-state index is 11.5. The van der Waals surface area contributed by atoms with Crippen LogP contribution in [0.5, 0.6) is 0 Å². The molecule has 6 heteroatoms. The fraction of sp³-hybridized carbons (Fsp3) is 0.214. The van der Waals surface area contributed by atoms with Crippen LogP contribution in [0.15, 0.2) is 36.4 Å². The van der Waals surface area contributed by atoms with Crippen LogP contribution in [0, 0.1) is 0 Å². The molecule has 4 N–H and O–H groups in total. The van der Waals surface area contributed by atoms with E-state index in [4.69, 9.17) is 5.73 Å². The fourth-order valence-electron chi connectivity index (χ4n) is 1.69. The van der Waals surface area contributed by atoms with Crippen molar-refractivity contribution >= 4 is 17.4 Å². The fourth-order valence-corrected chi connectivity index (χ4v) is 1.69. The van der Waals surface area contributed by atoms with Crippen LogP contribution in [0.1, 0.15) is 23.0 Å². The van der Waals surface area contributed by atoms with Crippen molar-refractivity contribution in [2.45, 2.75) is 13.5 Å². The van der Waals surface area contributed by atoms with Crippen molar-refractivity contribution in [3.05, 3.63) is 47.7 Å². The number of hydrogen-bond donors (Lipinski definition) is 3. The Morgan fingerprint density at radius 3 is 2.75 bits per heavy atom. The van der Waals surface area contributed by atoms with Gasteiger partial charge in [0.25, 0.3) is 5.91 Å². The van der Waals surface area contributed by atoms with Crippen LogP contribution in [0.25, 0.3) is 0 Å². The summed E-state index contributed by atoms with van der Waals surface area (Å²) in [6.45, 7) is 3.02. The zero-order valence-electron chi connectivity index (χ0n) is 11.3. The summed E-state index contributed by atoms with van der Waals surface area (Å²) in [7, 11) is 0. The van der Waals surface area contributed by atoms with Crippen molar-refractivity contribution in [2.75, 3.05) is 17.6 Å². The summed E-state index contributed by atoms with van der Waals surface area (Å²) >= 11 is 0. The second kappa shape index (κ2) is 6.51. The Morgan fingerprint density at radius 2 is 2.10 bits per heavy atom. The molecule has 1 aromatic heterocycles. The smallest absolute Gasteiger partial charge is 0.271 e. The highest BCUT2D eigenvalue weighted by Crippen LogP contribution is 2.09. The van der Waals surface area contributed by atoms with Gasteiger partial charge in [0.05, 0.1) is 0 Å². The SMILES string of the molecule is CCNC(=O)c1ccc(NCc2cccc(N)c2)nn1. The highest BCUT2D eigenvalue weighted by Gasteiger charge is 2.06. The molecule has 0 saturated carbocycles. The largest absolute Gasteiger partial charge is 0.399 e. The molecule has 0 unspecified atom stereocenters. The van der Waals surface area contributed by atoms with Gasteiger partial charge in [-0.25, -0.2) is 0 Å². The Kier molecular flexibility index (Phi) is 4.49. The standard InChI is InChI=1S/C14H17N5O/c1-2-16-14(20)12-6-7-13(19-18-12)17-9-10-4-3-5-11(15)8-10/h3-8H,2,9,15H2,1H3,(H,16,20)(H,17,19). The van der Waals surface area contributed by atoms with Crippen LogP contribution in [-0.4, -0.2) is 22.6 Å². The third kappa shape index (κ3) is 3.68. The number of aromatic nitrogens is 2. The number of benzene rings is 1. The van der Waals surface area contributed by atoms with Crippen molar-refractivity contribution in [3.63, 3.8) is 0 Å². The molecule has 0 spiro atoms. The lowest BCUT2D eigenvalue weighted by Gasteiger charge is -2.06. The lowest BCUT2D eigenvalue weighted by atomic mass is 10.2. The van der Waals surface area contributed by atoms with E-state index in [-0.39, 0.29) is 5.91 Å². The van der Waals surface area contributed by atoms with E-state index in [1.807, 2.05) is 31.2 Å². The molecule has 0 radical (unpaired) electrons. The topological polar surface area (TPSA) is 92.9 Å². The number of amides is 1. The zero-order chi connectivity index (χ0) is 14.4. The minimum atomic E-state index is -0.220. The van der Waals surface area contributed by atoms with Gasteiger partial charge in [0.1, 0.15) is 5.82 Å². The molecule has 2 rings (SSSR count). The Balaban J connectivity index is 1.95. The van der Waals surface area contributed by atoms with Crippen LogP contribution in [-0.2, 0) is 6.54 Å². The normalized spacial score (nSPS) is 10.1. The lowest BCUT2D eigenvalue weighted by Crippen LogP contribution is -2.24. The molecule has 20 heavy (non-hydrogen) atoms. The quantitative estimate of drug-likeness (QED) is 0.715. The van der Waals surface area contributed by atoms with Gasteiger partial charge in [0.15, 0.2) is 5.69 Å².